The third-order valence-corrected chi connectivity index (χ3v) is 1.84. The lowest BCUT2D eigenvalue weighted by molar-refractivity contribution is -0.389. The van der Waals surface area contributed by atoms with Crippen LogP contribution < -0.4 is 5.32 Å². The summed E-state index contributed by atoms with van der Waals surface area (Å²) in [5, 5.41) is 21.3. The van der Waals surface area contributed by atoms with Crippen LogP contribution in [0.25, 0.3) is 0 Å². The van der Waals surface area contributed by atoms with Gasteiger partial charge in [0.1, 0.15) is 6.20 Å². The second kappa shape index (κ2) is 5.81. The van der Waals surface area contributed by atoms with E-state index < -0.39 is 4.92 Å². The lowest BCUT2D eigenvalue weighted by Crippen LogP contribution is -2.27. The van der Waals surface area contributed by atoms with Gasteiger partial charge in [0.2, 0.25) is 12.2 Å². The zero-order valence-electron chi connectivity index (χ0n) is 8.50. The Morgan fingerprint density at radius 3 is 3.00 bits per heavy atom. The lowest BCUT2D eigenvalue weighted by atomic mass is 10.4. The van der Waals surface area contributed by atoms with Gasteiger partial charge in [-0.1, -0.05) is 0 Å². The number of carbonyl (C=O) groups is 1. The van der Waals surface area contributed by atoms with Crippen LogP contribution in [0.15, 0.2) is 12.5 Å². The highest BCUT2D eigenvalue weighted by Gasteiger charge is 2.10. The molecule has 2 N–H and O–H groups in total. The van der Waals surface area contributed by atoms with Gasteiger partial charge in [-0.05, 0) is 9.91 Å². The van der Waals surface area contributed by atoms with Crippen LogP contribution in [0.3, 0.4) is 0 Å². The normalized spacial score (nSPS) is 10.1. The van der Waals surface area contributed by atoms with Crippen LogP contribution >= 0.6 is 0 Å². The number of nitro groups is 1. The number of carbonyl (C=O) groups excluding carboxylic acids is 1. The van der Waals surface area contributed by atoms with Gasteiger partial charge in [0.05, 0.1) is 6.61 Å². The average molecular weight is 228 g/mol. The molecule has 0 aliphatic carbocycles. The van der Waals surface area contributed by atoms with Crippen molar-refractivity contribution in [3.63, 3.8) is 0 Å². The summed E-state index contributed by atoms with van der Waals surface area (Å²) in [5.74, 6) is -0.457. The molecular weight excluding hydrogens is 216 g/mol. The molecule has 1 aromatic heterocycles. The Bertz CT molecular complexity index is 376. The third kappa shape index (κ3) is 3.65. The van der Waals surface area contributed by atoms with Gasteiger partial charge in [-0.3, -0.25) is 4.79 Å². The largest absolute Gasteiger partial charge is 0.395 e. The zero-order valence-corrected chi connectivity index (χ0v) is 8.50. The first kappa shape index (κ1) is 12.1. The number of nitrogens with one attached hydrogen (secondary N) is 1. The maximum Gasteiger partial charge on any atom is 0.381 e. The monoisotopic (exact) mass is 228 g/mol. The Morgan fingerprint density at radius 1 is 1.69 bits per heavy atom. The molecule has 0 saturated heterocycles. The van der Waals surface area contributed by atoms with Crippen molar-refractivity contribution < 1.29 is 14.8 Å². The minimum absolute atomic E-state index is 0.109. The van der Waals surface area contributed by atoms with Crippen molar-refractivity contribution in [2.75, 3.05) is 13.2 Å². The standard InChI is InChI=1S/C8H12N4O4/c13-4-2-9-8(14)1-3-11-5-7(10-6-11)12(15)16/h5-6,13H,1-4H2,(H,9,14). The van der Waals surface area contributed by atoms with Crippen LogP contribution in [0.1, 0.15) is 6.42 Å². The molecule has 0 unspecified atom stereocenters. The minimum atomic E-state index is -0.595. The van der Waals surface area contributed by atoms with Gasteiger partial charge in [-0.15, -0.1) is 0 Å². The van der Waals surface area contributed by atoms with Gasteiger partial charge in [-0.2, -0.15) is 0 Å². The number of nitrogens with zero attached hydrogens (tertiary/aromatic N) is 3. The second-order valence-electron chi connectivity index (χ2n) is 3.05. The van der Waals surface area contributed by atoms with Crippen LogP contribution in [0, 0.1) is 10.1 Å². The number of hydrogen-bond donors (Lipinski definition) is 2. The van der Waals surface area contributed by atoms with Gasteiger partial charge in [0.15, 0.2) is 0 Å². The number of aliphatic hydroxyl groups excluding tert-OH is 1. The third-order valence-electron chi connectivity index (χ3n) is 1.84. The second-order valence-corrected chi connectivity index (χ2v) is 3.05. The zero-order chi connectivity index (χ0) is 12.0. The summed E-state index contributed by atoms with van der Waals surface area (Å²) in [4.78, 5) is 24.4. The van der Waals surface area contributed by atoms with Crippen molar-refractivity contribution >= 4 is 11.7 Å². The van der Waals surface area contributed by atoms with Crippen molar-refractivity contribution in [2.24, 2.45) is 0 Å². The van der Waals surface area contributed by atoms with E-state index in [-0.39, 0.29) is 31.3 Å². The van der Waals surface area contributed by atoms with E-state index in [1.165, 1.54) is 17.1 Å². The van der Waals surface area contributed by atoms with E-state index in [4.69, 9.17) is 5.11 Å². The predicted octanol–water partition coefficient (Wildman–Crippen LogP) is -0.710. The Morgan fingerprint density at radius 2 is 2.44 bits per heavy atom. The Balaban J connectivity index is 2.36. The molecule has 16 heavy (non-hydrogen) atoms. The van der Waals surface area contributed by atoms with E-state index in [0.29, 0.717) is 6.54 Å². The molecule has 1 amide bonds. The molecule has 0 fully saturated rings. The van der Waals surface area contributed by atoms with Crippen LogP contribution in [0.4, 0.5) is 5.82 Å². The average Bonchev–Trinajstić information content (AvgIpc) is 2.72. The summed E-state index contributed by atoms with van der Waals surface area (Å²) in [6.45, 7) is 0.420. The molecule has 1 rings (SSSR count). The Hall–Kier alpha value is -1.96. The van der Waals surface area contributed by atoms with Gasteiger partial charge in [0.25, 0.3) is 0 Å². The molecule has 0 radical (unpaired) electrons. The van der Waals surface area contributed by atoms with E-state index in [1.807, 2.05) is 0 Å². The highest BCUT2D eigenvalue weighted by atomic mass is 16.6. The number of imidazole rings is 1. The molecule has 1 heterocycles. The molecule has 1 aromatic rings. The van der Waals surface area contributed by atoms with Crippen LogP contribution in [-0.4, -0.2) is 38.6 Å². The smallest absolute Gasteiger partial charge is 0.381 e. The van der Waals surface area contributed by atoms with Crippen molar-refractivity contribution in [3.05, 3.63) is 22.6 Å². The molecule has 8 heteroatoms. The fraction of sp³-hybridized carbons (Fsp3) is 0.500. The summed E-state index contributed by atoms with van der Waals surface area (Å²) in [6.07, 6.45) is 2.75. The van der Waals surface area contributed by atoms with E-state index in [0.717, 1.165) is 0 Å². The van der Waals surface area contributed by atoms with Crippen molar-refractivity contribution in [2.45, 2.75) is 13.0 Å². The van der Waals surface area contributed by atoms with Gasteiger partial charge in [-0.25, -0.2) is 0 Å². The molecule has 0 bridgehead atoms. The summed E-state index contributed by atoms with van der Waals surface area (Å²) < 4.78 is 1.47. The first-order valence-corrected chi connectivity index (χ1v) is 4.67. The van der Waals surface area contributed by atoms with E-state index in [2.05, 4.69) is 10.3 Å². The molecule has 0 spiro atoms. The molecule has 0 aliphatic heterocycles. The summed E-state index contributed by atoms with van der Waals surface area (Å²) in [6, 6.07) is 0. The maximum absolute atomic E-state index is 11.1. The number of amides is 1. The Labute approximate surface area is 91.1 Å². The first-order valence-electron chi connectivity index (χ1n) is 4.67. The minimum Gasteiger partial charge on any atom is -0.395 e. The highest BCUT2D eigenvalue weighted by Crippen LogP contribution is 2.05. The maximum atomic E-state index is 11.1. The summed E-state index contributed by atoms with van der Waals surface area (Å²) in [7, 11) is 0. The van der Waals surface area contributed by atoms with E-state index >= 15 is 0 Å². The van der Waals surface area contributed by atoms with Crippen molar-refractivity contribution in [3.8, 4) is 0 Å². The molecule has 88 valence electrons. The molecule has 0 aliphatic rings. The van der Waals surface area contributed by atoms with Gasteiger partial charge in [0, 0.05) is 19.5 Å². The topological polar surface area (TPSA) is 110 Å². The number of aromatic nitrogens is 2. The molecule has 0 atom stereocenters. The fourth-order valence-corrected chi connectivity index (χ4v) is 1.08. The summed E-state index contributed by atoms with van der Waals surface area (Å²) in [5.41, 5.74) is 0. The van der Waals surface area contributed by atoms with Crippen LogP contribution in [0.5, 0.6) is 0 Å². The predicted molar refractivity (Wildman–Crippen MR) is 53.6 cm³/mol. The molecule has 0 aromatic carbocycles. The molecular formula is C8H12N4O4. The number of rotatable bonds is 6. The molecule has 0 saturated carbocycles. The van der Waals surface area contributed by atoms with Gasteiger partial charge < -0.3 is 25.1 Å². The van der Waals surface area contributed by atoms with E-state index in [9.17, 15) is 14.9 Å². The van der Waals surface area contributed by atoms with Crippen LogP contribution in [0.2, 0.25) is 0 Å². The van der Waals surface area contributed by atoms with Crippen molar-refractivity contribution in [1.82, 2.24) is 14.9 Å². The first-order chi connectivity index (χ1) is 7.63. The van der Waals surface area contributed by atoms with Crippen LogP contribution in [-0.2, 0) is 11.3 Å². The SMILES string of the molecule is O=C(CCn1cnc([N+](=O)[O-])c1)NCCO. The Kier molecular flexibility index (Phi) is 4.40. The molecule has 8 nitrogen and oxygen atoms in total. The van der Waals surface area contributed by atoms with Gasteiger partial charge >= 0.3 is 5.82 Å². The fourth-order valence-electron chi connectivity index (χ4n) is 1.08. The lowest BCUT2D eigenvalue weighted by Gasteiger charge is -2.02. The number of aryl methyl sites for hydroxylation is 1. The summed E-state index contributed by atoms with van der Waals surface area (Å²) >= 11 is 0. The highest BCUT2D eigenvalue weighted by molar-refractivity contribution is 5.75. The number of hydrogen-bond acceptors (Lipinski definition) is 5. The van der Waals surface area contributed by atoms with Crippen molar-refractivity contribution in [1.29, 1.82) is 0 Å². The quantitative estimate of drug-likeness (QED) is 0.493. The van der Waals surface area contributed by atoms with E-state index in [1.54, 1.807) is 0 Å². The number of aliphatic hydroxyl groups is 1.